The number of nitrogens with zero attached hydrogens (tertiary/aromatic N) is 1. The van der Waals surface area contributed by atoms with E-state index in [1.807, 2.05) is 11.3 Å². The third-order valence-corrected chi connectivity index (χ3v) is 6.40. The molecule has 2 nitrogen and oxygen atoms in total. The van der Waals surface area contributed by atoms with Crippen LogP contribution >= 0.6 is 11.3 Å². The maximum absolute atomic E-state index is 6.41. The fourth-order valence-electron chi connectivity index (χ4n) is 4.39. The van der Waals surface area contributed by atoms with Gasteiger partial charge in [-0.05, 0) is 69.0 Å². The van der Waals surface area contributed by atoms with Crippen LogP contribution in [0.2, 0.25) is 0 Å². The summed E-state index contributed by atoms with van der Waals surface area (Å²) in [5.41, 5.74) is 7.84. The number of thiophene rings is 1. The standard InChI is InChI=1S/C17H28N2S/c1-12-9-11-20-17(12)16(13(2)18)19-10-5-7-14-6-3-4-8-15(14)19/h9,11,13-16H,3-8,10,18H2,1-2H3. The zero-order valence-corrected chi connectivity index (χ0v) is 13.7. The van der Waals surface area contributed by atoms with Gasteiger partial charge in [0.25, 0.3) is 0 Å². The molecule has 4 unspecified atom stereocenters. The summed E-state index contributed by atoms with van der Waals surface area (Å²) in [6.07, 6.45) is 8.47. The first-order chi connectivity index (χ1) is 9.68. The Balaban J connectivity index is 1.88. The molecule has 4 atom stereocenters. The summed E-state index contributed by atoms with van der Waals surface area (Å²) in [5, 5.41) is 2.22. The van der Waals surface area contributed by atoms with E-state index < -0.39 is 0 Å². The summed E-state index contributed by atoms with van der Waals surface area (Å²) >= 11 is 1.90. The van der Waals surface area contributed by atoms with E-state index in [2.05, 4.69) is 30.2 Å². The monoisotopic (exact) mass is 292 g/mol. The molecule has 2 N–H and O–H groups in total. The first-order valence-corrected chi connectivity index (χ1v) is 9.11. The summed E-state index contributed by atoms with van der Waals surface area (Å²) in [6, 6.07) is 3.68. The molecular formula is C17H28N2S. The lowest BCUT2D eigenvalue weighted by atomic mass is 9.77. The molecule has 1 saturated carbocycles. The minimum atomic E-state index is 0.216. The van der Waals surface area contributed by atoms with E-state index in [0.29, 0.717) is 6.04 Å². The maximum Gasteiger partial charge on any atom is 0.0595 e. The second-order valence-corrected chi connectivity index (χ2v) is 7.71. The molecule has 1 saturated heterocycles. The smallest absolute Gasteiger partial charge is 0.0595 e. The van der Waals surface area contributed by atoms with Gasteiger partial charge in [-0.25, -0.2) is 0 Å². The zero-order chi connectivity index (χ0) is 14.1. The van der Waals surface area contributed by atoms with E-state index in [4.69, 9.17) is 5.73 Å². The Labute approximate surface area is 127 Å². The van der Waals surface area contributed by atoms with Crippen LogP contribution < -0.4 is 5.73 Å². The number of rotatable bonds is 3. The van der Waals surface area contributed by atoms with Gasteiger partial charge in [-0.15, -0.1) is 11.3 Å². The summed E-state index contributed by atoms with van der Waals surface area (Å²) in [6.45, 7) is 5.67. The highest BCUT2D eigenvalue weighted by molar-refractivity contribution is 7.10. The van der Waals surface area contributed by atoms with E-state index in [1.54, 1.807) is 0 Å². The second kappa shape index (κ2) is 6.17. The topological polar surface area (TPSA) is 29.3 Å². The average molecular weight is 292 g/mol. The predicted octanol–water partition coefficient (Wildman–Crippen LogP) is 4.10. The number of piperidine rings is 1. The third kappa shape index (κ3) is 2.68. The quantitative estimate of drug-likeness (QED) is 0.909. The van der Waals surface area contributed by atoms with Gasteiger partial charge in [-0.1, -0.05) is 12.8 Å². The van der Waals surface area contributed by atoms with Gasteiger partial charge in [0.1, 0.15) is 0 Å². The molecule has 1 aromatic heterocycles. The summed E-state index contributed by atoms with van der Waals surface area (Å²) in [5.74, 6) is 0.930. The molecule has 112 valence electrons. The highest BCUT2D eigenvalue weighted by Crippen LogP contribution is 2.41. The van der Waals surface area contributed by atoms with Gasteiger partial charge in [0.2, 0.25) is 0 Å². The summed E-state index contributed by atoms with van der Waals surface area (Å²) in [4.78, 5) is 4.28. The number of likely N-dealkylation sites (tertiary alicyclic amines) is 1. The Morgan fingerprint density at radius 2 is 2.00 bits per heavy atom. The van der Waals surface area contributed by atoms with Crippen LogP contribution in [-0.4, -0.2) is 23.5 Å². The third-order valence-electron chi connectivity index (χ3n) is 5.31. The Morgan fingerprint density at radius 3 is 2.70 bits per heavy atom. The van der Waals surface area contributed by atoms with E-state index in [0.717, 1.165) is 12.0 Å². The second-order valence-electron chi connectivity index (χ2n) is 6.76. The lowest BCUT2D eigenvalue weighted by Crippen LogP contribution is -2.52. The van der Waals surface area contributed by atoms with Gasteiger partial charge in [0.05, 0.1) is 6.04 Å². The van der Waals surface area contributed by atoms with E-state index in [9.17, 15) is 0 Å². The Bertz CT molecular complexity index is 438. The normalized spacial score (nSPS) is 30.8. The van der Waals surface area contributed by atoms with Gasteiger partial charge in [0, 0.05) is 17.0 Å². The molecule has 2 fully saturated rings. The van der Waals surface area contributed by atoms with Crippen LogP contribution in [0.25, 0.3) is 0 Å². The Hall–Kier alpha value is -0.380. The molecule has 0 aromatic carbocycles. The SMILES string of the molecule is Cc1ccsc1C(C(C)N)N1CCCC2CCCCC21. The van der Waals surface area contributed by atoms with Crippen molar-refractivity contribution >= 4 is 11.3 Å². The maximum atomic E-state index is 6.41. The van der Waals surface area contributed by atoms with Crippen molar-refractivity contribution in [2.24, 2.45) is 11.7 Å². The van der Waals surface area contributed by atoms with Crippen molar-refractivity contribution in [3.05, 3.63) is 21.9 Å². The van der Waals surface area contributed by atoms with Crippen LogP contribution in [-0.2, 0) is 0 Å². The van der Waals surface area contributed by atoms with Crippen molar-refractivity contribution in [1.82, 2.24) is 4.90 Å². The molecule has 0 radical (unpaired) electrons. The van der Waals surface area contributed by atoms with Crippen LogP contribution in [0.4, 0.5) is 0 Å². The first kappa shape index (κ1) is 14.6. The summed E-state index contributed by atoms with van der Waals surface area (Å²) in [7, 11) is 0. The van der Waals surface area contributed by atoms with Crippen LogP contribution in [0.15, 0.2) is 11.4 Å². The van der Waals surface area contributed by atoms with Crippen LogP contribution in [0.5, 0.6) is 0 Å². The molecule has 2 heterocycles. The summed E-state index contributed by atoms with van der Waals surface area (Å²) < 4.78 is 0. The van der Waals surface area contributed by atoms with E-state index in [-0.39, 0.29) is 6.04 Å². The molecule has 0 amide bonds. The molecule has 0 spiro atoms. The molecule has 3 heteroatoms. The number of nitrogens with two attached hydrogens (primary N) is 1. The molecule has 0 bridgehead atoms. The van der Waals surface area contributed by atoms with E-state index >= 15 is 0 Å². The van der Waals surface area contributed by atoms with Crippen molar-refractivity contribution in [2.45, 2.75) is 70.5 Å². The van der Waals surface area contributed by atoms with Gasteiger partial charge >= 0.3 is 0 Å². The minimum absolute atomic E-state index is 0.216. The largest absolute Gasteiger partial charge is 0.326 e. The van der Waals surface area contributed by atoms with Gasteiger partial charge in [-0.2, -0.15) is 0 Å². The number of hydrogen-bond donors (Lipinski definition) is 1. The number of fused-ring (bicyclic) bond motifs is 1. The molecular weight excluding hydrogens is 264 g/mol. The van der Waals surface area contributed by atoms with Crippen LogP contribution in [0.3, 0.4) is 0 Å². The van der Waals surface area contributed by atoms with Crippen LogP contribution in [0.1, 0.15) is 61.9 Å². The van der Waals surface area contributed by atoms with Gasteiger partial charge < -0.3 is 5.73 Å². The molecule has 20 heavy (non-hydrogen) atoms. The Kier molecular flexibility index (Phi) is 4.49. The zero-order valence-electron chi connectivity index (χ0n) is 12.8. The highest BCUT2D eigenvalue weighted by Gasteiger charge is 2.38. The van der Waals surface area contributed by atoms with Crippen molar-refractivity contribution in [2.75, 3.05) is 6.54 Å². The van der Waals surface area contributed by atoms with Gasteiger partial charge in [0.15, 0.2) is 0 Å². The van der Waals surface area contributed by atoms with Crippen molar-refractivity contribution in [3.63, 3.8) is 0 Å². The fourth-order valence-corrected chi connectivity index (χ4v) is 5.55. The fraction of sp³-hybridized carbons (Fsp3) is 0.765. The van der Waals surface area contributed by atoms with Crippen LogP contribution in [0, 0.1) is 12.8 Å². The lowest BCUT2D eigenvalue weighted by Gasteiger charge is -2.48. The first-order valence-electron chi connectivity index (χ1n) is 8.24. The molecule has 3 rings (SSSR count). The highest BCUT2D eigenvalue weighted by atomic mass is 32.1. The molecule has 1 aliphatic carbocycles. The average Bonchev–Trinajstić information content (AvgIpc) is 2.85. The predicted molar refractivity (Wildman–Crippen MR) is 87.1 cm³/mol. The number of aryl methyl sites for hydroxylation is 1. The number of hydrogen-bond acceptors (Lipinski definition) is 3. The van der Waals surface area contributed by atoms with Gasteiger partial charge in [-0.3, -0.25) is 4.90 Å². The van der Waals surface area contributed by atoms with Crippen molar-refractivity contribution < 1.29 is 0 Å². The Morgan fingerprint density at radius 1 is 1.25 bits per heavy atom. The lowest BCUT2D eigenvalue weighted by molar-refractivity contribution is 0.0189. The molecule has 2 aliphatic rings. The molecule has 1 aromatic rings. The minimum Gasteiger partial charge on any atom is -0.326 e. The van der Waals surface area contributed by atoms with Crippen molar-refractivity contribution in [3.8, 4) is 0 Å². The van der Waals surface area contributed by atoms with Crippen molar-refractivity contribution in [1.29, 1.82) is 0 Å². The van der Waals surface area contributed by atoms with E-state index in [1.165, 1.54) is 55.5 Å². The molecule has 1 aliphatic heterocycles.